The van der Waals surface area contributed by atoms with Gasteiger partial charge < -0.3 is 9.64 Å². The molecule has 3 rings (SSSR count). The number of rotatable bonds is 5. The normalized spacial score (nSPS) is 11.3. The first-order valence-corrected chi connectivity index (χ1v) is 8.39. The Balaban J connectivity index is 1.76. The maximum Gasteiger partial charge on any atom is 0.416 e. The minimum absolute atomic E-state index is 0.171. The molecule has 0 saturated heterocycles. The highest BCUT2D eigenvalue weighted by Crippen LogP contribution is 2.29. The summed E-state index contributed by atoms with van der Waals surface area (Å²) in [5, 5.41) is 6.78. The second-order valence-corrected chi connectivity index (χ2v) is 6.24. The molecule has 1 amide bonds. The standard InChI is InChI=1S/C20H18F3N3O2/c1-26(12-13-3-7-15(8-4-13)20(21,22)23)19(27)17-11-24-25-18(17)14-5-9-16(28-2)10-6-14/h3-11H,12H2,1-2H3,(H,24,25). The number of alkyl halides is 3. The molecule has 5 nitrogen and oxygen atoms in total. The van der Waals surface area contributed by atoms with E-state index in [9.17, 15) is 18.0 Å². The highest BCUT2D eigenvalue weighted by atomic mass is 19.4. The van der Waals surface area contributed by atoms with Crippen LogP contribution in [0, 0.1) is 0 Å². The van der Waals surface area contributed by atoms with E-state index >= 15 is 0 Å². The third kappa shape index (κ3) is 4.16. The molecule has 146 valence electrons. The highest BCUT2D eigenvalue weighted by molar-refractivity contribution is 5.99. The van der Waals surface area contributed by atoms with Crippen LogP contribution in [0.5, 0.6) is 5.75 Å². The van der Waals surface area contributed by atoms with Crippen molar-refractivity contribution >= 4 is 5.91 Å². The Labute approximate surface area is 159 Å². The SMILES string of the molecule is COc1ccc(-c2[nH]ncc2C(=O)N(C)Cc2ccc(C(F)(F)F)cc2)cc1. The molecule has 28 heavy (non-hydrogen) atoms. The van der Waals surface area contributed by atoms with Gasteiger partial charge in [0.15, 0.2) is 0 Å². The number of amides is 1. The van der Waals surface area contributed by atoms with Crippen LogP contribution in [0.4, 0.5) is 13.2 Å². The fourth-order valence-electron chi connectivity index (χ4n) is 2.78. The number of halogens is 3. The number of aromatic amines is 1. The number of methoxy groups -OCH3 is 1. The van der Waals surface area contributed by atoms with Gasteiger partial charge in [-0.05, 0) is 42.0 Å². The van der Waals surface area contributed by atoms with Gasteiger partial charge in [-0.15, -0.1) is 0 Å². The van der Waals surface area contributed by atoms with Crippen LogP contribution >= 0.6 is 0 Å². The fourth-order valence-corrected chi connectivity index (χ4v) is 2.78. The molecule has 2 aromatic carbocycles. The van der Waals surface area contributed by atoms with Gasteiger partial charge >= 0.3 is 6.18 Å². The number of H-pyrrole nitrogens is 1. The summed E-state index contributed by atoms with van der Waals surface area (Å²) < 4.78 is 43.1. The zero-order chi connectivity index (χ0) is 20.3. The Bertz CT molecular complexity index is 948. The number of nitrogens with one attached hydrogen (secondary N) is 1. The number of nitrogens with zero attached hydrogens (tertiary/aromatic N) is 2. The van der Waals surface area contributed by atoms with Crippen LogP contribution in [0.1, 0.15) is 21.5 Å². The molecule has 0 radical (unpaired) electrons. The van der Waals surface area contributed by atoms with Gasteiger partial charge in [0.1, 0.15) is 5.75 Å². The molecule has 0 atom stereocenters. The van der Waals surface area contributed by atoms with Crippen molar-refractivity contribution in [2.24, 2.45) is 0 Å². The molecule has 0 aliphatic carbocycles. The average Bonchev–Trinajstić information content (AvgIpc) is 3.17. The lowest BCUT2D eigenvalue weighted by atomic mass is 10.1. The van der Waals surface area contributed by atoms with Crippen LogP contribution < -0.4 is 4.74 Å². The maximum absolute atomic E-state index is 12.8. The summed E-state index contributed by atoms with van der Waals surface area (Å²) in [6, 6.07) is 11.9. The topological polar surface area (TPSA) is 58.2 Å². The van der Waals surface area contributed by atoms with E-state index in [1.807, 2.05) is 0 Å². The predicted octanol–water partition coefficient (Wildman–Crippen LogP) is 4.38. The molecule has 1 N–H and O–H groups in total. The number of carbonyl (C=O) groups is 1. The predicted molar refractivity (Wildman–Crippen MR) is 97.8 cm³/mol. The first kappa shape index (κ1) is 19.5. The summed E-state index contributed by atoms with van der Waals surface area (Å²) in [6.45, 7) is 0.171. The number of ether oxygens (including phenoxy) is 1. The van der Waals surface area contributed by atoms with E-state index in [1.165, 1.54) is 23.2 Å². The van der Waals surface area contributed by atoms with Crippen LogP contribution in [-0.2, 0) is 12.7 Å². The zero-order valence-corrected chi connectivity index (χ0v) is 15.2. The quantitative estimate of drug-likeness (QED) is 0.705. The third-order valence-corrected chi connectivity index (χ3v) is 4.30. The molecule has 8 heteroatoms. The van der Waals surface area contributed by atoms with E-state index in [2.05, 4.69) is 10.2 Å². The molecule has 0 bridgehead atoms. The molecule has 0 unspecified atom stereocenters. The second kappa shape index (κ2) is 7.75. The minimum atomic E-state index is -4.38. The number of aromatic nitrogens is 2. The van der Waals surface area contributed by atoms with Gasteiger partial charge in [-0.2, -0.15) is 18.3 Å². The van der Waals surface area contributed by atoms with E-state index in [1.54, 1.807) is 38.4 Å². The van der Waals surface area contributed by atoms with Crippen molar-refractivity contribution in [3.8, 4) is 17.0 Å². The summed E-state index contributed by atoms with van der Waals surface area (Å²) in [6.07, 6.45) is -2.95. The lowest BCUT2D eigenvalue weighted by molar-refractivity contribution is -0.137. The molecule has 0 aliphatic rings. The molecular weight excluding hydrogens is 371 g/mol. The van der Waals surface area contributed by atoms with Crippen molar-refractivity contribution < 1.29 is 22.7 Å². The van der Waals surface area contributed by atoms with Crippen LogP contribution in [-0.4, -0.2) is 35.2 Å². The van der Waals surface area contributed by atoms with Gasteiger partial charge in [0.2, 0.25) is 0 Å². The second-order valence-electron chi connectivity index (χ2n) is 6.24. The van der Waals surface area contributed by atoms with Crippen LogP contribution in [0.3, 0.4) is 0 Å². The van der Waals surface area contributed by atoms with E-state index in [0.717, 1.165) is 17.7 Å². The molecule has 1 aromatic heterocycles. The zero-order valence-electron chi connectivity index (χ0n) is 15.2. The van der Waals surface area contributed by atoms with Crippen molar-refractivity contribution in [3.63, 3.8) is 0 Å². The van der Waals surface area contributed by atoms with Gasteiger partial charge in [-0.1, -0.05) is 12.1 Å². The first-order valence-electron chi connectivity index (χ1n) is 8.39. The largest absolute Gasteiger partial charge is 0.497 e. The summed E-state index contributed by atoms with van der Waals surface area (Å²) in [7, 11) is 3.15. The van der Waals surface area contributed by atoms with Crippen molar-refractivity contribution in [2.45, 2.75) is 12.7 Å². The number of benzene rings is 2. The highest BCUT2D eigenvalue weighted by Gasteiger charge is 2.30. The van der Waals surface area contributed by atoms with Gasteiger partial charge in [0.05, 0.1) is 30.1 Å². The molecule has 0 spiro atoms. The van der Waals surface area contributed by atoms with Gasteiger partial charge in [-0.3, -0.25) is 9.89 Å². The lowest BCUT2D eigenvalue weighted by Crippen LogP contribution is -2.26. The van der Waals surface area contributed by atoms with Crippen molar-refractivity contribution in [1.29, 1.82) is 0 Å². The fraction of sp³-hybridized carbons (Fsp3) is 0.200. The molecular formula is C20H18F3N3O2. The van der Waals surface area contributed by atoms with Crippen molar-refractivity contribution in [2.75, 3.05) is 14.2 Å². The van der Waals surface area contributed by atoms with Crippen LogP contribution in [0.25, 0.3) is 11.3 Å². The Morgan fingerprint density at radius 3 is 2.32 bits per heavy atom. The number of hydrogen-bond acceptors (Lipinski definition) is 3. The Morgan fingerprint density at radius 2 is 1.75 bits per heavy atom. The third-order valence-electron chi connectivity index (χ3n) is 4.30. The minimum Gasteiger partial charge on any atom is -0.497 e. The monoisotopic (exact) mass is 389 g/mol. The number of carbonyl (C=O) groups excluding carboxylic acids is 1. The summed E-state index contributed by atoms with van der Waals surface area (Å²) in [5.41, 5.74) is 1.58. The molecule has 0 saturated carbocycles. The van der Waals surface area contributed by atoms with Gasteiger partial charge in [0, 0.05) is 19.2 Å². The molecule has 0 fully saturated rings. The number of hydrogen-bond donors (Lipinski definition) is 1. The van der Waals surface area contributed by atoms with E-state index < -0.39 is 11.7 Å². The Morgan fingerprint density at radius 1 is 1.11 bits per heavy atom. The van der Waals surface area contributed by atoms with Crippen LogP contribution in [0.15, 0.2) is 54.7 Å². The molecule has 1 heterocycles. The lowest BCUT2D eigenvalue weighted by Gasteiger charge is -2.18. The van der Waals surface area contributed by atoms with E-state index in [0.29, 0.717) is 22.6 Å². The molecule has 0 aliphatic heterocycles. The Kier molecular flexibility index (Phi) is 5.39. The van der Waals surface area contributed by atoms with Gasteiger partial charge in [0.25, 0.3) is 5.91 Å². The van der Waals surface area contributed by atoms with Gasteiger partial charge in [-0.25, -0.2) is 0 Å². The summed E-state index contributed by atoms with van der Waals surface area (Å²) in [5.74, 6) is 0.398. The van der Waals surface area contributed by atoms with E-state index in [4.69, 9.17) is 4.74 Å². The van der Waals surface area contributed by atoms with E-state index in [-0.39, 0.29) is 12.5 Å². The van der Waals surface area contributed by atoms with Crippen LogP contribution in [0.2, 0.25) is 0 Å². The average molecular weight is 389 g/mol. The first-order chi connectivity index (χ1) is 13.3. The maximum atomic E-state index is 12.8. The smallest absolute Gasteiger partial charge is 0.416 e. The van der Waals surface area contributed by atoms with Crippen molar-refractivity contribution in [1.82, 2.24) is 15.1 Å². The van der Waals surface area contributed by atoms with Crippen molar-refractivity contribution in [3.05, 3.63) is 71.4 Å². The molecule has 3 aromatic rings. The Hall–Kier alpha value is -3.29. The summed E-state index contributed by atoms with van der Waals surface area (Å²) >= 11 is 0. The summed E-state index contributed by atoms with van der Waals surface area (Å²) in [4.78, 5) is 14.2.